The van der Waals surface area contributed by atoms with Crippen molar-refractivity contribution in [3.63, 3.8) is 0 Å². The average Bonchev–Trinajstić information content (AvgIpc) is 2.31. The topological polar surface area (TPSA) is 49.4 Å². The fourth-order valence-corrected chi connectivity index (χ4v) is 2.60. The van der Waals surface area contributed by atoms with Crippen LogP contribution in [0.5, 0.6) is 0 Å². The van der Waals surface area contributed by atoms with E-state index in [1.54, 1.807) is 12.1 Å². The van der Waals surface area contributed by atoms with Crippen molar-refractivity contribution in [3.8, 4) is 0 Å². The number of piperazine rings is 1. The number of amides is 2. The van der Waals surface area contributed by atoms with Gasteiger partial charge in [-0.25, -0.2) is 0 Å². The molecule has 1 aliphatic rings. The van der Waals surface area contributed by atoms with Gasteiger partial charge in [0.15, 0.2) is 0 Å². The summed E-state index contributed by atoms with van der Waals surface area (Å²) in [5, 5.41) is 3.25. The third-order valence-corrected chi connectivity index (χ3v) is 3.68. The molecule has 0 spiro atoms. The Labute approximate surface area is 124 Å². The van der Waals surface area contributed by atoms with E-state index in [1.165, 1.54) is 4.90 Å². The Bertz CT molecular complexity index is 563. The molecule has 2 amide bonds. The summed E-state index contributed by atoms with van der Waals surface area (Å²) in [6.45, 7) is 7.72. The Morgan fingerprint density at radius 1 is 1.30 bits per heavy atom. The highest BCUT2D eigenvalue weighted by atomic mass is 35.5. The average molecular weight is 295 g/mol. The molecule has 0 radical (unpaired) electrons. The van der Waals surface area contributed by atoms with Crippen molar-refractivity contribution in [2.75, 3.05) is 11.4 Å². The number of nitrogens with zero attached hydrogens (tertiary/aromatic N) is 1. The van der Waals surface area contributed by atoms with E-state index in [-0.39, 0.29) is 23.8 Å². The second kappa shape index (κ2) is 5.09. The third kappa shape index (κ3) is 2.80. The minimum Gasteiger partial charge on any atom is -0.342 e. The van der Waals surface area contributed by atoms with Gasteiger partial charge in [-0.3, -0.25) is 14.5 Å². The Balaban J connectivity index is 2.40. The first kappa shape index (κ1) is 14.9. The standard InChI is InChI=1S/C15H19ClN2O2/c1-9-5-6-11(10(16)7-9)18-8-12(19)17-13(14(18)20)15(2,3)4/h5-7,13H,8H2,1-4H3,(H,17,19). The van der Waals surface area contributed by atoms with Crippen molar-refractivity contribution in [3.05, 3.63) is 28.8 Å². The minimum absolute atomic E-state index is 0.00813. The summed E-state index contributed by atoms with van der Waals surface area (Å²) in [5.74, 6) is -0.288. The molecule has 0 saturated carbocycles. The second-order valence-corrected chi connectivity index (χ2v) is 6.65. The van der Waals surface area contributed by atoms with Crippen LogP contribution in [0.4, 0.5) is 5.69 Å². The van der Waals surface area contributed by atoms with Crippen LogP contribution in [0, 0.1) is 12.3 Å². The molecule has 1 aromatic rings. The molecular weight excluding hydrogens is 276 g/mol. The fourth-order valence-electron chi connectivity index (χ4n) is 2.27. The van der Waals surface area contributed by atoms with Gasteiger partial charge in [0.25, 0.3) is 5.91 Å². The van der Waals surface area contributed by atoms with Crippen LogP contribution in [0.25, 0.3) is 0 Å². The number of nitrogens with one attached hydrogen (secondary N) is 1. The van der Waals surface area contributed by atoms with Gasteiger partial charge in [-0.2, -0.15) is 0 Å². The van der Waals surface area contributed by atoms with Crippen LogP contribution in [0.3, 0.4) is 0 Å². The predicted octanol–water partition coefficient (Wildman–Crippen LogP) is 2.53. The van der Waals surface area contributed by atoms with Gasteiger partial charge in [-0.1, -0.05) is 38.4 Å². The van der Waals surface area contributed by atoms with Crippen LogP contribution < -0.4 is 10.2 Å². The van der Waals surface area contributed by atoms with Crippen molar-refractivity contribution >= 4 is 29.1 Å². The predicted molar refractivity (Wildman–Crippen MR) is 79.9 cm³/mol. The molecule has 1 saturated heterocycles. The van der Waals surface area contributed by atoms with Gasteiger partial charge in [-0.05, 0) is 30.0 Å². The largest absolute Gasteiger partial charge is 0.342 e. The maximum Gasteiger partial charge on any atom is 0.250 e. The SMILES string of the molecule is Cc1ccc(N2CC(=O)NC(C(C)(C)C)C2=O)c(Cl)c1. The van der Waals surface area contributed by atoms with E-state index in [1.807, 2.05) is 33.8 Å². The second-order valence-electron chi connectivity index (χ2n) is 6.25. The van der Waals surface area contributed by atoms with Gasteiger partial charge >= 0.3 is 0 Å². The molecule has 0 aliphatic carbocycles. The Morgan fingerprint density at radius 3 is 2.50 bits per heavy atom. The highest BCUT2D eigenvalue weighted by Crippen LogP contribution is 2.31. The summed E-state index contributed by atoms with van der Waals surface area (Å²) in [7, 11) is 0. The van der Waals surface area contributed by atoms with Crippen LogP contribution in [0.2, 0.25) is 5.02 Å². The molecule has 0 aromatic heterocycles. The quantitative estimate of drug-likeness (QED) is 0.865. The molecule has 4 nitrogen and oxygen atoms in total. The van der Waals surface area contributed by atoms with E-state index in [4.69, 9.17) is 11.6 Å². The molecule has 1 aliphatic heterocycles. The summed E-state index contributed by atoms with van der Waals surface area (Å²) < 4.78 is 0. The Morgan fingerprint density at radius 2 is 1.95 bits per heavy atom. The van der Waals surface area contributed by atoms with Gasteiger partial charge in [0.2, 0.25) is 5.91 Å². The zero-order valence-corrected chi connectivity index (χ0v) is 12.9. The number of carbonyl (C=O) groups excluding carboxylic acids is 2. The van der Waals surface area contributed by atoms with E-state index < -0.39 is 6.04 Å². The number of anilines is 1. The molecule has 1 atom stereocenters. The number of hydrogen-bond donors (Lipinski definition) is 1. The lowest BCUT2D eigenvalue weighted by molar-refractivity contribution is -0.133. The van der Waals surface area contributed by atoms with E-state index in [0.717, 1.165) is 5.56 Å². The van der Waals surface area contributed by atoms with Crippen LogP contribution in [-0.2, 0) is 9.59 Å². The lowest BCUT2D eigenvalue weighted by Crippen LogP contribution is -2.62. The van der Waals surface area contributed by atoms with Crippen molar-refractivity contribution < 1.29 is 9.59 Å². The minimum atomic E-state index is -0.541. The first-order chi connectivity index (χ1) is 9.20. The van der Waals surface area contributed by atoms with Crippen LogP contribution in [0.1, 0.15) is 26.3 Å². The molecule has 1 heterocycles. The molecule has 20 heavy (non-hydrogen) atoms. The fraction of sp³-hybridized carbons (Fsp3) is 0.467. The number of halogens is 1. The van der Waals surface area contributed by atoms with Crippen LogP contribution in [-0.4, -0.2) is 24.4 Å². The van der Waals surface area contributed by atoms with Gasteiger partial charge in [0.05, 0.1) is 10.7 Å². The first-order valence-electron chi connectivity index (χ1n) is 6.57. The summed E-state index contributed by atoms with van der Waals surface area (Å²) in [6.07, 6.45) is 0. The molecule has 1 unspecified atom stereocenters. The molecule has 0 bridgehead atoms. The number of benzene rings is 1. The molecule has 108 valence electrons. The summed E-state index contributed by atoms with van der Waals surface area (Å²) in [5.41, 5.74) is 1.26. The number of carbonyl (C=O) groups is 2. The van der Waals surface area contributed by atoms with E-state index in [2.05, 4.69) is 5.32 Å². The van der Waals surface area contributed by atoms with E-state index in [9.17, 15) is 9.59 Å². The first-order valence-corrected chi connectivity index (χ1v) is 6.95. The summed E-state index contributed by atoms with van der Waals surface area (Å²) in [6, 6.07) is 4.92. The smallest absolute Gasteiger partial charge is 0.250 e. The van der Waals surface area contributed by atoms with E-state index in [0.29, 0.717) is 10.7 Å². The van der Waals surface area contributed by atoms with Gasteiger partial charge in [-0.15, -0.1) is 0 Å². The van der Waals surface area contributed by atoms with Crippen molar-refractivity contribution in [2.45, 2.75) is 33.7 Å². The maximum atomic E-state index is 12.6. The zero-order chi connectivity index (χ0) is 15.1. The van der Waals surface area contributed by atoms with Crippen LogP contribution in [0.15, 0.2) is 18.2 Å². The normalized spacial score (nSPS) is 20.1. The van der Waals surface area contributed by atoms with Crippen molar-refractivity contribution in [1.29, 1.82) is 0 Å². The molecule has 1 fully saturated rings. The zero-order valence-electron chi connectivity index (χ0n) is 12.2. The molecule has 2 rings (SSSR count). The van der Waals surface area contributed by atoms with E-state index >= 15 is 0 Å². The maximum absolute atomic E-state index is 12.6. The Kier molecular flexibility index (Phi) is 3.78. The van der Waals surface area contributed by atoms with Gasteiger partial charge in [0.1, 0.15) is 12.6 Å². The highest BCUT2D eigenvalue weighted by Gasteiger charge is 2.40. The lowest BCUT2D eigenvalue weighted by atomic mass is 9.84. The van der Waals surface area contributed by atoms with Crippen LogP contribution >= 0.6 is 11.6 Å². The van der Waals surface area contributed by atoms with Gasteiger partial charge in [0, 0.05) is 0 Å². The molecule has 1 aromatic carbocycles. The Hall–Kier alpha value is -1.55. The number of aryl methyl sites for hydroxylation is 1. The number of hydrogen-bond acceptors (Lipinski definition) is 2. The summed E-state index contributed by atoms with van der Waals surface area (Å²) in [4.78, 5) is 26.0. The molecule has 1 N–H and O–H groups in total. The van der Waals surface area contributed by atoms with Crippen molar-refractivity contribution in [2.24, 2.45) is 5.41 Å². The van der Waals surface area contributed by atoms with Crippen molar-refractivity contribution in [1.82, 2.24) is 5.32 Å². The third-order valence-electron chi connectivity index (χ3n) is 3.38. The monoisotopic (exact) mass is 294 g/mol. The number of rotatable bonds is 1. The summed E-state index contributed by atoms with van der Waals surface area (Å²) >= 11 is 6.21. The molecule has 5 heteroatoms. The lowest BCUT2D eigenvalue weighted by Gasteiger charge is -2.39. The highest BCUT2D eigenvalue weighted by molar-refractivity contribution is 6.34. The molecular formula is C15H19ClN2O2. The van der Waals surface area contributed by atoms with Gasteiger partial charge < -0.3 is 5.32 Å².